The van der Waals surface area contributed by atoms with Gasteiger partial charge in [0.1, 0.15) is 11.5 Å². The second-order valence-electron chi connectivity index (χ2n) is 5.41. The van der Waals surface area contributed by atoms with Crippen molar-refractivity contribution in [2.75, 3.05) is 17.7 Å². The van der Waals surface area contributed by atoms with E-state index in [4.69, 9.17) is 4.74 Å². The Kier molecular flexibility index (Phi) is 6.41. The molecule has 0 aliphatic rings. The Labute approximate surface area is 153 Å². The zero-order valence-electron chi connectivity index (χ0n) is 14.6. The molecule has 0 fully saturated rings. The summed E-state index contributed by atoms with van der Waals surface area (Å²) in [5.41, 5.74) is 0.844. The van der Waals surface area contributed by atoms with Crippen LogP contribution in [0.15, 0.2) is 53.4 Å². The van der Waals surface area contributed by atoms with Gasteiger partial charge >= 0.3 is 0 Å². The number of phenolic OH excluding ortho intramolecular Hbond substituents is 1. The van der Waals surface area contributed by atoms with Crippen molar-refractivity contribution in [2.24, 2.45) is 0 Å². The lowest BCUT2D eigenvalue weighted by molar-refractivity contribution is -0.111. The van der Waals surface area contributed by atoms with Crippen molar-refractivity contribution >= 4 is 27.5 Å². The highest BCUT2D eigenvalue weighted by atomic mass is 32.2. The minimum atomic E-state index is -3.43. The summed E-state index contributed by atoms with van der Waals surface area (Å²) in [4.78, 5) is 12.1. The second-order valence-corrected chi connectivity index (χ2v) is 7.69. The van der Waals surface area contributed by atoms with Gasteiger partial charge in [-0.2, -0.15) is 0 Å². The van der Waals surface area contributed by atoms with Crippen LogP contribution in [0.4, 0.5) is 5.69 Å². The van der Waals surface area contributed by atoms with E-state index in [-0.39, 0.29) is 22.1 Å². The molecule has 0 saturated heterocycles. The van der Waals surface area contributed by atoms with Gasteiger partial charge in [-0.05, 0) is 48.9 Å². The standard InChI is InChI=1S/C19H21NO5S/c1-3-25-15-8-5-14(6-9-15)7-12-19(22)20-17-13-16(10-11-18(17)21)26(23,24)4-2/h5-13,21H,3-4H2,1-2H3,(H,20,22)/b12-7+. The lowest BCUT2D eigenvalue weighted by Crippen LogP contribution is -2.10. The third kappa shape index (κ3) is 5.10. The molecule has 0 spiro atoms. The lowest BCUT2D eigenvalue weighted by Gasteiger charge is -2.08. The Morgan fingerprint density at radius 2 is 1.85 bits per heavy atom. The highest BCUT2D eigenvalue weighted by molar-refractivity contribution is 7.91. The summed E-state index contributed by atoms with van der Waals surface area (Å²) < 4.78 is 29.2. The van der Waals surface area contributed by atoms with Crippen molar-refractivity contribution in [3.63, 3.8) is 0 Å². The van der Waals surface area contributed by atoms with E-state index in [1.165, 1.54) is 31.2 Å². The van der Waals surface area contributed by atoms with Crippen LogP contribution in [0.25, 0.3) is 6.08 Å². The first kappa shape index (κ1) is 19.5. The van der Waals surface area contributed by atoms with Crippen LogP contribution < -0.4 is 10.1 Å². The van der Waals surface area contributed by atoms with E-state index in [0.29, 0.717) is 6.61 Å². The number of phenols is 1. The van der Waals surface area contributed by atoms with Crippen LogP contribution in [0.3, 0.4) is 0 Å². The summed E-state index contributed by atoms with van der Waals surface area (Å²) in [6.07, 6.45) is 2.91. The summed E-state index contributed by atoms with van der Waals surface area (Å²) in [5.74, 6) is -0.0147. The van der Waals surface area contributed by atoms with Gasteiger partial charge in [0.2, 0.25) is 5.91 Å². The van der Waals surface area contributed by atoms with Crippen molar-refractivity contribution in [1.82, 2.24) is 0 Å². The molecule has 0 unspecified atom stereocenters. The summed E-state index contributed by atoms with van der Waals surface area (Å²) >= 11 is 0. The SMILES string of the molecule is CCOc1ccc(/C=C/C(=O)Nc2cc(S(=O)(=O)CC)ccc2O)cc1. The van der Waals surface area contributed by atoms with E-state index in [0.717, 1.165) is 11.3 Å². The molecule has 26 heavy (non-hydrogen) atoms. The fourth-order valence-electron chi connectivity index (χ4n) is 2.16. The fraction of sp³-hybridized carbons (Fsp3) is 0.211. The number of aromatic hydroxyl groups is 1. The Bertz CT molecular complexity index is 902. The largest absolute Gasteiger partial charge is 0.506 e. The minimum absolute atomic E-state index is 0.0425. The summed E-state index contributed by atoms with van der Waals surface area (Å²) in [6, 6.07) is 11.0. The van der Waals surface area contributed by atoms with Gasteiger partial charge in [-0.3, -0.25) is 4.79 Å². The molecular formula is C19H21NO5S. The number of rotatable bonds is 7. The molecule has 1 amide bonds. The van der Waals surface area contributed by atoms with Crippen LogP contribution in [-0.2, 0) is 14.6 Å². The van der Waals surface area contributed by atoms with Gasteiger partial charge in [0, 0.05) is 6.08 Å². The maximum Gasteiger partial charge on any atom is 0.248 e. The smallest absolute Gasteiger partial charge is 0.248 e. The molecule has 0 saturated carbocycles. The van der Waals surface area contributed by atoms with E-state index in [1.807, 2.05) is 6.92 Å². The first-order valence-corrected chi connectivity index (χ1v) is 9.78. The van der Waals surface area contributed by atoms with Crippen molar-refractivity contribution < 1.29 is 23.1 Å². The molecule has 2 aromatic carbocycles. The van der Waals surface area contributed by atoms with Gasteiger partial charge < -0.3 is 15.2 Å². The summed E-state index contributed by atoms with van der Waals surface area (Å²) in [7, 11) is -3.43. The van der Waals surface area contributed by atoms with Crippen LogP contribution in [-0.4, -0.2) is 31.8 Å². The van der Waals surface area contributed by atoms with E-state index in [9.17, 15) is 18.3 Å². The maximum absolute atomic E-state index is 12.1. The zero-order chi connectivity index (χ0) is 19.2. The normalized spacial score (nSPS) is 11.5. The highest BCUT2D eigenvalue weighted by Crippen LogP contribution is 2.27. The predicted molar refractivity (Wildman–Crippen MR) is 101 cm³/mol. The third-order valence-corrected chi connectivity index (χ3v) is 5.32. The second kappa shape index (κ2) is 8.53. The first-order valence-electron chi connectivity index (χ1n) is 8.13. The molecule has 7 heteroatoms. The molecule has 0 atom stereocenters. The number of carbonyl (C=O) groups excluding carboxylic acids is 1. The maximum atomic E-state index is 12.1. The van der Waals surface area contributed by atoms with Crippen LogP contribution in [0, 0.1) is 0 Å². The molecule has 0 aliphatic heterocycles. The van der Waals surface area contributed by atoms with E-state index < -0.39 is 15.7 Å². The number of carbonyl (C=O) groups is 1. The lowest BCUT2D eigenvalue weighted by atomic mass is 10.2. The van der Waals surface area contributed by atoms with E-state index in [1.54, 1.807) is 30.3 Å². The Morgan fingerprint density at radius 1 is 1.15 bits per heavy atom. The van der Waals surface area contributed by atoms with Gasteiger partial charge in [0.15, 0.2) is 9.84 Å². The number of hydrogen-bond donors (Lipinski definition) is 2. The molecule has 0 heterocycles. The van der Waals surface area contributed by atoms with Gasteiger partial charge in [0.05, 0.1) is 22.9 Å². The minimum Gasteiger partial charge on any atom is -0.506 e. The van der Waals surface area contributed by atoms with Crippen molar-refractivity contribution in [1.29, 1.82) is 0 Å². The van der Waals surface area contributed by atoms with Crippen LogP contribution >= 0.6 is 0 Å². The number of amides is 1. The molecule has 0 radical (unpaired) electrons. The molecule has 2 aromatic rings. The number of anilines is 1. The first-order chi connectivity index (χ1) is 12.4. The average molecular weight is 375 g/mol. The monoisotopic (exact) mass is 375 g/mol. The topological polar surface area (TPSA) is 92.7 Å². The molecule has 2 N–H and O–H groups in total. The molecule has 0 aromatic heterocycles. The molecule has 138 valence electrons. The zero-order valence-corrected chi connectivity index (χ0v) is 15.4. The van der Waals surface area contributed by atoms with Gasteiger partial charge in [-0.25, -0.2) is 8.42 Å². The molecule has 6 nitrogen and oxygen atoms in total. The predicted octanol–water partition coefficient (Wildman–Crippen LogP) is 3.24. The number of nitrogens with one attached hydrogen (secondary N) is 1. The van der Waals surface area contributed by atoms with Crippen LogP contribution in [0.2, 0.25) is 0 Å². The fourth-order valence-corrected chi connectivity index (χ4v) is 3.07. The van der Waals surface area contributed by atoms with Gasteiger partial charge in [-0.1, -0.05) is 19.1 Å². The van der Waals surface area contributed by atoms with Crippen molar-refractivity contribution in [3.8, 4) is 11.5 Å². The summed E-state index contributed by atoms with van der Waals surface area (Å²) in [6.45, 7) is 4.00. The van der Waals surface area contributed by atoms with Crippen LogP contribution in [0.5, 0.6) is 11.5 Å². The van der Waals surface area contributed by atoms with E-state index in [2.05, 4.69) is 5.32 Å². The molecule has 0 bridgehead atoms. The Hall–Kier alpha value is -2.80. The van der Waals surface area contributed by atoms with E-state index >= 15 is 0 Å². The number of benzene rings is 2. The quantitative estimate of drug-likeness (QED) is 0.572. The third-order valence-electron chi connectivity index (χ3n) is 3.58. The molecular weight excluding hydrogens is 354 g/mol. The highest BCUT2D eigenvalue weighted by Gasteiger charge is 2.14. The van der Waals surface area contributed by atoms with Crippen molar-refractivity contribution in [3.05, 3.63) is 54.1 Å². The Balaban J connectivity index is 2.11. The average Bonchev–Trinajstić information content (AvgIpc) is 2.63. The summed E-state index contributed by atoms with van der Waals surface area (Å²) in [5, 5.41) is 12.3. The Morgan fingerprint density at radius 3 is 2.46 bits per heavy atom. The molecule has 2 rings (SSSR count). The van der Waals surface area contributed by atoms with Crippen LogP contribution in [0.1, 0.15) is 19.4 Å². The molecule has 0 aliphatic carbocycles. The number of ether oxygens (including phenoxy) is 1. The number of hydrogen-bond acceptors (Lipinski definition) is 5. The van der Waals surface area contributed by atoms with Crippen molar-refractivity contribution in [2.45, 2.75) is 18.7 Å². The van der Waals surface area contributed by atoms with Gasteiger partial charge in [0.25, 0.3) is 0 Å². The number of sulfone groups is 1. The van der Waals surface area contributed by atoms with Gasteiger partial charge in [-0.15, -0.1) is 0 Å².